The van der Waals surface area contributed by atoms with Gasteiger partial charge in [-0.15, -0.1) is 0 Å². The van der Waals surface area contributed by atoms with Crippen LogP contribution in [-0.2, 0) is 0 Å². The topological polar surface area (TPSA) is 44.5 Å². The van der Waals surface area contributed by atoms with Crippen molar-refractivity contribution in [1.82, 2.24) is 15.2 Å². The van der Waals surface area contributed by atoms with Crippen LogP contribution in [0.25, 0.3) is 0 Å². The molecule has 0 radical (unpaired) electrons. The number of nitrogens with zero attached hydrogens (tertiary/aromatic N) is 2. The molecule has 3 N–H and O–H groups in total. The van der Waals surface area contributed by atoms with Gasteiger partial charge in [0.25, 0.3) is 5.92 Å². The SMILES string of the molecule is CNC1CCN(C2CCN(N)C2)CC1(F)F. The number of piperidine rings is 1. The molecule has 2 aliphatic rings. The van der Waals surface area contributed by atoms with E-state index >= 15 is 0 Å². The molecule has 0 amide bonds. The largest absolute Gasteiger partial charge is 0.312 e. The maximum absolute atomic E-state index is 13.7. The number of hydrogen-bond acceptors (Lipinski definition) is 4. The van der Waals surface area contributed by atoms with E-state index in [4.69, 9.17) is 5.84 Å². The third-order valence-corrected chi connectivity index (χ3v) is 3.69. The first-order valence-corrected chi connectivity index (χ1v) is 5.81. The molecular formula is C10H20F2N4. The van der Waals surface area contributed by atoms with Gasteiger partial charge in [-0.2, -0.15) is 0 Å². The summed E-state index contributed by atoms with van der Waals surface area (Å²) in [7, 11) is 1.60. The lowest BCUT2D eigenvalue weighted by atomic mass is 9.99. The molecule has 4 nitrogen and oxygen atoms in total. The summed E-state index contributed by atoms with van der Waals surface area (Å²) in [4.78, 5) is 1.89. The summed E-state index contributed by atoms with van der Waals surface area (Å²) in [6.45, 7) is 2.11. The quantitative estimate of drug-likeness (QED) is 0.653. The Bertz CT molecular complexity index is 249. The van der Waals surface area contributed by atoms with Gasteiger partial charge in [-0.25, -0.2) is 13.8 Å². The van der Waals surface area contributed by atoms with Crippen molar-refractivity contribution in [2.24, 2.45) is 5.84 Å². The van der Waals surface area contributed by atoms with Gasteiger partial charge in [0.2, 0.25) is 0 Å². The molecule has 0 aromatic rings. The molecule has 2 heterocycles. The molecule has 2 rings (SSSR count). The molecule has 0 spiro atoms. The average Bonchev–Trinajstić information content (AvgIpc) is 2.63. The van der Waals surface area contributed by atoms with E-state index in [0.29, 0.717) is 13.0 Å². The lowest BCUT2D eigenvalue weighted by molar-refractivity contribution is -0.0968. The highest BCUT2D eigenvalue weighted by Crippen LogP contribution is 2.29. The van der Waals surface area contributed by atoms with Crippen LogP contribution in [0.3, 0.4) is 0 Å². The van der Waals surface area contributed by atoms with Crippen LogP contribution >= 0.6 is 0 Å². The van der Waals surface area contributed by atoms with Crippen molar-refractivity contribution in [3.8, 4) is 0 Å². The number of hydrogen-bond donors (Lipinski definition) is 2. The van der Waals surface area contributed by atoms with E-state index in [2.05, 4.69) is 5.32 Å². The van der Waals surface area contributed by atoms with Crippen molar-refractivity contribution in [1.29, 1.82) is 0 Å². The molecule has 2 aliphatic heterocycles. The van der Waals surface area contributed by atoms with Crippen LogP contribution in [0.1, 0.15) is 12.8 Å². The smallest absolute Gasteiger partial charge is 0.275 e. The molecule has 2 saturated heterocycles. The van der Waals surface area contributed by atoms with Crippen LogP contribution in [-0.4, -0.2) is 61.1 Å². The second-order valence-corrected chi connectivity index (χ2v) is 4.80. The van der Waals surface area contributed by atoms with E-state index in [1.807, 2.05) is 4.90 Å². The van der Waals surface area contributed by atoms with Crippen LogP contribution in [0.4, 0.5) is 8.78 Å². The number of likely N-dealkylation sites (tertiary alicyclic amines) is 1. The summed E-state index contributed by atoms with van der Waals surface area (Å²) in [6, 6.07) is -0.479. The van der Waals surface area contributed by atoms with Gasteiger partial charge >= 0.3 is 0 Å². The average molecular weight is 234 g/mol. The van der Waals surface area contributed by atoms with Crippen molar-refractivity contribution < 1.29 is 8.78 Å². The molecule has 6 heteroatoms. The van der Waals surface area contributed by atoms with Crippen LogP contribution in [0.5, 0.6) is 0 Å². The van der Waals surface area contributed by atoms with Gasteiger partial charge < -0.3 is 5.32 Å². The number of halogens is 2. The first-order chi connectivity index (χ1) is 7.53. The molecule has 0 saturated carbocycles. The fraction of sp³-hybridized carbons (Fsp3) is 1.00. The second-order valence-electron chi connectivity index (χ2n) is 4.80. The molecule has 2 unspecified atom stereocenters. The first-order valence-electron chi connectivity index (χ1n) is 5.81. The number of nitrogens with one attached hydrogen (secondary N) is 1. The summed E-state index contributed by atoms with van der Waals surface area (Å²) in [5.74, 6) is 3.03. The molecule has 2 fully saturated rings. The zero-order chi connectivity index (χ0) is 11.8. The van der Waals surface area contributed by atoms with Crippen LogP contribution in [0, 0.1) is 0 Å². The molecule has 0 aromatic carbocycles. The Kier molecular flexibility index (Phi) is 3.44. The number of hydrazine groups is 1. The summed E-state index contributed by atoms with van der Waals surface area (Å²) >= 11 is 0. The minimum Gasteiger partial charge on any atom is -0.312 e. The number of nitrogens with two attached hydrogens (primary N) is 1. The van der Waals surface area contributed by atoms with Gasteiger partial charge in [0, 0.05) is 25.7 Å². The van der Waals surface area contributed by atoms with Crippen LogP contribution in [0.2, 0.25) is 0 Å². The van der Waals surface area contributed by atoms with E-state index in [1.54, 1.807) is 12.1 Å². The Morgan fingerprint density at radius 2 is 2.06 bits per heavy atom. The van der Waals surface area contributed by atoms with E-state index in [9.17, 15) is 8.78 Å². The highest BCUT2D eigenvalue weighted by Gasteiger charge is 2.45. The predicted octanol–water partition coefficient (Wildman–Crippen LogP) is -0.137. The van der Waals surface area contributed by atoms with Crippen molar-refractivity contribution in [3.63, 3.8) is 0 Å². The van der Waals surface area contributed by atoms with Crippen LogP contribution < -0.4 is 11.2 Å². The van der Waals surface area contributed by atoms with Crippen molar-refractivity contribution >= 4 is 0 Å². The Balaban J connectivity index is 1.95. The predicted molar refractivity (Wildman–Crippen MR) is 58.2 cm³/mol. The monoisotopic (exact) mass is 234 g/mol. The minimum atomic E-state index is -2.63. The van der Waals surface area contributed by atoms with Gasteiger partial charge in [0.15, 0.2) is 0 Å². The highest BCUT2D eigenvalue weighted by molar-refractivity contribution is 4.94. The normalized spacial score (nSPS) is 36.8. The Hall–Kier alpha value is -0.300. The van der Waals surface area contributed by atoms with Crippen molar-refractivity contribution in [2.75, 3.05) is 33.2 Å². The zero-order valence-electron chi connectivity index (χ0n) is 9.63. The fourth-order valence-corrected chi connectivity index (χ4v) is 2.70. The lowest BCUT2D eigenvalue weighted by Gasteiger charge is -2.40. The van der Waals surface area contributed by atoms with Gasteiger partial charge in [-0.1, -0.05) is 0 Å². The summed E-state index contributed by atoms with van der Waals surface area (Å²) in [5.41, 5.74) is 0. The van der Waals surface area contributed by atoms with E-state index < -0.39 is 12.0 Å². The van der Waals surface area contributed by atoms with Gasteiger partial charge in [-0.3, -0.25) is 10.7 Å². The molecule has 16 heavy (non-hydrogen) atoms. The Morgan fingerprint density at radius 3 is 2.56 bits per heavy atom. The van der Waals surface area contributed by atoms with E-state index in [0.717, 1.165) is 19.5 Å². The second kappa shape index (κ2) is 4.52. The summed E-state index contributed by atoms with van der Waals surface area (Å²) in [6.07, 6.45) is 1.40. The van der Waals surface area contributed by atoms with E-state index in [-0.39, 0.29) is 12.6 Å². The molecule has 2 atom stereocenters. The van der Waals surface area contributed by atoms with Gasteiger partial charge in [0.05, 0.1) is 12.6 Å². The standard InChI is InChI=1S/C10H20F2N4/c1-14-9-3-4-15(7-10(9,11)12)8-2-5-16(13)6-8/h8-9,14H,2-7,13H2,1H3. The van der Waals surface area contributed by atoms with E-state index in [1.165, 1.54) is 0 Å². The summed E-state index contributed by atoms with van der Waals surface area (Å²) < 4.78 is 27.4. The Morgan fingerprint density at radius 1 is 1.31 bits per heavy atom. The molecular weight excluding hydrogens is 214 g/mol. The minimum absolute atomic E-state index is 0.142. The van der Waals surface area contributed by atoms with Gasteiger partial charge in [-0.05, 0) is 19.9 Å². The van der Waals surface area contributed by atoms with Gasteiger partial charge in [0.1, 0.15) is 0 Å². The fourth-order valence-electron chi connectivity index (χ4n) is 2.70. The summed E-state index contributed by atoms with van der Waals surface area (Å²) in [5, 5.41) is 4.42. The maximum atomic E-state index is 13.7. The maximum Gasteiger partial charge on any atom is 0.275 e. The Labute approximate surface area is 94.7 Å². The molecule has 0 aromatic heterocycles. The number of rotatable bonds is 2. The lowest BCUT2D eigenvalue weighted by Crippen LogP contribution is -2.58. The molecule has 0 aliphatic carbocycles. The van der Waals surface area contributed by atoms with Crippen molar-refractivity contribution in [2.45, 2.75) is 30.8 Å². The number of alkyl halides is 2. The zero-order valence-corrected chi connectivity index (χ0v) is 9.63. The van der Waals surface area contributed by atoms with Crippen molar-refractivity contribution in [3.05, 3.63) is 0 Å². The van der Waals surface area contributed by atoms with Crippen LogP contribution in [0.15, 0.2) is 0 Å². The third-order valence-electron chi connectivity index (χ3n) is 3.69. The third kappa shape index (κ3) is 2.34. The molecule has 0 bridgehead atoms. The highest BCUT2D eigenvalue weighted by atomic mass is 19.3. The molecule has 94 valence electrons. The first kappa shape index (κ1) is 12.2.